The molecule has 0 spiro atoms. The van der Waals surface area contributed by atoms with E-state index in [4.69, 9.17) is 0 Å². The smallest absolute Gasteiger partial charge is 0.0236 e. The van der Waals surface area contributed by atoms with Crippen LogP contribution in [0.25, 0.3) is 0 Å². The van der Waals surface area contributed by atoms with Gasteiger partial charge in [-0.3, -0.25) is 4.90 Å². The first kappa shape index (κ1) is 14.1. The largest absolute Gasteiger partial charge is 0.311 e. The lowest BCUT2D eigenvalue weighted by atomic mass is 9.92. The van der Waals surface area contributed by atoms with Crippen molar-refractivity contribution in [2.75, 3.05) is 13.1 Å². The highest BCUT2D eigenvalue weighted by molar-refractivity contribution is 5.16. The Morgan fingerprint density at radius 1 is 1.20 bits per heavy atom. The molecule has 1 aromatic rings. The van der Waals surface area contributed by atoms with Crippen molar-refractivity contribution >= 4 is 0 Å². The van der Waals surface area contributed by atoms with E-state index in [2.05, 4.69) is 54.4 Å². The first-order valence-electron chi connectivity index (χ1n) is 8.21. The molecule has 1 aliphatic heterocycles. The summed E-state index contributed by atoms with van der Waals surface area (Å²) >= 11 is 0. The van der Waals surface area contributed by atoms with E-state index >= 15 is 0 Å². The summed E-state index contributed by atoms with van der Waals surface area (Å²) in [5.41, 5.74) is 1.91. The Morgan fingerprint density at radius 2 is 1.90 bits per heavy atom. The third-order valence-electron chi connectivity index (χ3n) is 5.35. The van der Waals surface area contributed by atoms with Gasteiger partial charge in [0.25, 0.3) is 0 Å². The molecule has 2 heteroatoms. The normalized spacial score (nSPS) is 30.5. The van der Waals surface area contributed by atoms with Gasteiger partial charge in [0.1, 0.15) is 0 Å². The van der Waals surface area contributed by atoms with Gasteiger partial charge in [-0.25, -0.2) is 0 Å². The molecule has 1 N–H and O–H groups in total. The van der Waals surface area contributed by atoms with Crippen LogP contribution in [-0.2, 0) is 6.42 Å². The van der Waals surface area contributed by atoms with Crippen molar-refractivity contribution in [3.8, 4) is 0 Å². The number of nitrogens with one attached hydrogen (secondary N) is 1. The Balaban J connectivity index is 1.67. The summed E-state index contributed by atoms with van der Waals surface area (Å²) in [4.78, 5) is 2.80. The molecule has 1 heterocycles. The molecule has 1 aliphatic carbocycles. The summed E-state index contributed by atoms with van der Waals surface area (Å²) in [6, 6.07) is 12.2. The van der Waals surface area contributed by atoms with Gasteiger partial charge in [-0.1, -0.05) is 43.2 Å². The van der Waals surface area contributed by atoms with Gasteiger partial charge in [-0.15, -0.1) is 0 Å². The van der Waals surface area contributed by atoms with Crippen LogP contribution >= 0.6 is 0 Å². The van der Waals surface area contributed by atoms with Gasteiger partial charge in [0.15, 0.2) is 0 Å². The summed E-state index contributed by atoms with van der Waals surface area (Å²) in [6.45, 7) is 7.20. The van der Waals surface area contributed by atoms with Crippen molar-refractivity contribution in [2.45, 2.75) is 63.6 Å². The van der Waals surface area contributed by atoms with E-state index in [0.29, 0.717) is 17.6 Å². The van der Waals surface area contributed by atoms with E-state index < -0.39 is 0 Å². The van der Waals surface area contributed by atoms with Crippen LogP contribution in [0.2, 0.25) is 0 Å². The van der Waals surface area contributed by atoms with Crippen LogP contribution < -0.4 is 5.32 Å². The Morgan fingerprint density at radius 3 is 2.60 bits per heavy atom. The predicted octanol–water partition coefficient (Wildman–Crippen LogP) is 3.22. The molecule has 0 amide bonds. The number of hydrogen-bond donors (Lipinski definition) is 1. The number of piperazine rings is 1. The van der Waals surface area contributed by atoms with Gasteiger partial charge in [0, 0.05) is 30.7 Å². The first-order valence-corrected chi connectivity index (χ1v) is 8.21. The summed E-state index contributed by atoms with van der Waals surface area (Å²) in [7, 11) is 0. The molecule has 1 aromatic carbocycles. The summed E-state index contributed by atoms with van der Waals surface area (Å²) in [6.07, 6.45) is 6.75. The van der Waals surface area contributed by atoms with Gasteiger partial charge in [0.2, 0.25) is 0 Å². The Labute approximate surface area is 123 Å². The molecule has 3 rings (SSSR count). The molecule has 2 aliphatic rings. The van der Waals surface area contributed by atoms with Crippen molar-refractivity contribution in [3.05, 3.63) is 35.9 Å². The van der Waals surface area contributed by atoms with E-state index in [9.17, 15) is 0 Å². The maximum Gasteiger partial charge on any atom is 0.0236 e. The van der Waals surface area contributed by atoms with E-state index in [-0.39, 0.29) is 0 Å². The molecular weight excluding hydrogens is 244 g/mol. The molecule has 2 fully saturated rings. The molecule has 0 radical (unpaired) electrons. The van der Waals surface area contributed by atoms with Crippen LogP contribution in [0.5, 0.6) is 0 Å². The van der Waals surface area contributed by atoms with E-state index in [1.807, 2.05) is 0 Å². The second-order valence-corrected chi connectivity index (χ2v) is 7.00. The van der Waals surface area contributed by atoms with Crippen LogP contribution in [0.3, 0.4) is 0 Å². The quantitative estimate of drug-likeness (QED) is 0.909. The van der Waals surface area contributed by atoms with Gasteiger partial charge >= 0.3 is 0 Å². The summed E-state index contributed by atoms with van der Waals surface area (Å²) < 4.78 is 0. The number of nitrogens with zero attached hydrogens (tertiary/aromatic N) is 1. The minimum Gasteiger partial charge on any atom is -0.311 e. The zero-order valence-corrected chi connectivity index (χ0v) is 12.9. The van der Waals surface area contributed by atoms with Crippen molar-refractivity contribution in [1.29, 1.82) is 0 Å². The van der Waals surface area contributed by atoms with Crippen LogP contribution in [0.1, 0.15) is 45.1 Å². The highest BCUT2D eigenvalue weighted by atomic mass is 15.3. The number of rotatable bonds is 3. The molecule has 2 unspecified atom stereocenters. The van der Waals surface area contributed by atoms with Crippen molar-refractivity contribution < 1.29 is 0 Å². The van der Waals surface area contributed by atoms with E-state index in [0.717, 1.165) is 13.0 Å². The zero-order chi connectivity index (χ0) is 14.0. The van der Waals surface area contributed by atoms with Gasteiger partial charge in [-0.2, -0.15) is 0 Å². The molecule has 110 valence electrons. The fourth-order valence-corrected chi connectivity index (χ4v) is 4.14. The highest BCUT2D eigenvalue weighted by Gasteiger charge is 2.40. The second-order valence-electron chi connectivity index (χ2n) is 7.00. The summed E-state index contributed by atoms with van der Waals surface area (Å²) in [5, 5.41) is 3.75. The molecule has 2 nitrogen and oxygen atoms in total. The fraction of sp³-hybridized carbons (Fsp3) is 0.667. The molecular formula is C18H28N2. The lowest BCUT2D eigenvalue weighted by Crippen LogP contribution is -2.62. The third-order valence-corrected chi connectivity index (χ3v) is 5.35. The molecule has 20 heavy (non-hydrogen) atoms. The Bertz CT molecular complexity index is 422. The fourth-order valence-electron chi connectivity index (χ4n) is 4.14. The lowest BCUT2D eigenvalue weighted by Gasteiger charge is -2.48. The third kappa shape index (κ3) is 2.91. The zero-order valence-electron chi connectivity index (χ0n) is 12.9. The maximum atomic E-state index is 3.75. The topological polar surface area (TPSA) is 15.3 Å². The van der Waals surface area contributed by atoms with E-state index in [1.54, 1.807) is 0 Å². The standard InChI is InChI=1S/C18H28N2/c1-15-13-19-17(12-16-8-4-3-5-9-16)14-20(15)18(2)10-6-7-11-18/h3-5,8-9,15,17,19H,6-7,10-14H2,1-2H3. The number of hydrogen-bond acceptors (Lipinski definition) is 2. The van der Waals surface area contributed by atoms with Crippen molar-refractivity contribution in [2.24, 2.45) is 0 Å². The average Bonchev–Trinajstić information content (AvgIpc) is 2.90. The Hall–Kier alpha value is -0.860. The molecule has 1 saturated heterocycles. The van der Waals surface area contributed by atoms with Crippen LogP contribution in [0.4, 0.5) is 0 Å². The molecule has 0 aromatic heterocycles. The van der Waals surface area contributed by atoms with Gasteiger partial charge in [-0.05, 0) is 38.7 Å². The van der Waals surface area contributed by atoms with Gasteiger partial charge < -0.3 is 5.32 Å². The van der Waals surface area contributed by atoms with E-state index in [1.165, 1.54) is 37.8 Å². The van der Waals surface area contributed by atoms with Crippen LogP contribution in [0, 0.1) is 0 Å². The predicted molar refractivity (Wildman–Crippen MR) is 85.0 cm³/mol. The number of benzene rings is 1. The van der Waals surface area contributed by atoms with Gasteiger partial charge in [0.05, 0.1) is 0 Å². The summed E-state index contributed by atoms with van der Waals surface area (Å²) in [5.74, 6) is 0. The SMILES string of the molecule is CC1CNC(Cc2ccccc2)CN1C1(C)CCCC1. The highest BCUT2D eigenvalue weighted by Crippen LogP contribution is 2.37. The first-order chi connectivity index (χ1) is 9.67. The molecule has 1 saturated carbocycles. The lowest BCUT2D eigenvalue weighted by molar-refractivity contribution is 0.0310. The average molecular weight is 272 g/mol. The van der Waals surface area contributed by atoms with Crippen LogP contribution in [0.15, 0.2) is 30.3 Å². The van der Waals surface area contributed by atoms with Crippen molar-refractivity contribution in [1.82, 2.24) is 10.2 Å². The molecule has 0 bridgehead atoms. The monoisotopic (exact) mass is 272 g/mol. The van der Waals surface area contributed by atoms with Crippen LogP contribution in [-0.4, -0.2) is 35.6 Å². The minimum absolute atomic E-state index is 0.455. The minimum atomic E-state index is 0.455. The van der Waals surface area contributed by atoms with Crippen molar-refractivity contribution in [3.63, 3.8) is 0 Å². The Kier molecular flexibility index (Phi) is 4.13. The maximum absolute atomic E-state index is 3.75. The molecule has 2 atom stereocenters. The second kappa shape index (κ2) is 5.87.